The highest BCUT2D eigenvalue weighted by atomic mass is 16.5. The Morgan fingerprint density at radius 2 is 0.712 bits per heavy atom. The molecule has 0 saturated heterocycles. The van der Waals surface area contributed by atoms with Crippen LogP contribution in [0, 0.1) is 0 Å². The van der Waals surface area contributed by atoms with Crippen molar-refractivity contribution in [2.45, 2.75) is 142 Å². The number of carbonyl (C=O) groups is 2. The van der Waals surface area contributed by atoms with Gasteiger partial charge in [0.2, 0.25) is 0 Å². The predicted octanol–water partition coefficient (Wildman–Crippen LogP) is 16.2. The molecule has 0 spiro atoms. The topological polar surface area (TPSA) is 95.8 Å². The molecule has 0 aliphatic carbocycles. The number of unbranched alkanes of at least 4 members (excludes halogenated alkanes) is 18. The van der Waals surface area contributed by atoms with Gasteiger partial charge >= 0.3 is 11.9 Å². The van der Waals surface area contributed by atoms with Crippen LogP contribution in [0.3, 0.4) is 0 Å². The van der Waals surface area contributed by atoms with Crippen molar-refractivity contribution in [1.29, 1.82) is 0 Å². The van der Waals surface area contributed by atoms with E-state index < -0.39 is 11.9 Å². The first kappa shape index (κ1) is 51.0. The molecule has 0 bridgehead atoms. The molecule has 0 amide bonds. The summed E-state index contributed by atoms with van der Waals surface area (Å²) in [5.41, 5.74) is 4.06. The molecule has 0 aliphatic rings. The van der Waals surface area contributed by atoms with Crippen LogP contribution < -0.4 is 18.9 Å². The maximum absolute atomic E-state index is 12.8. The van der Waals surface area contributed by atoms with Crippen molar-refractivity contribution in [3.63, 3.8) is 0 Å². The van der Waals surface area contributed by atoms with Crippen molar-refractivity contribution >= 4 is 35.7 Å². The van der Waals surface area contributed by atoms with Gasteiger partial charge < -0.3 is 18.9 Å². The molecule has 8 heteroatoms. The Morgan fingerprint density at radius 1 is 0.394 bits per heavy atom. The lowest BCUT2D eigenvalue weighted by atomic mass is 10.1. The zero-order chi connectivity index (χ0) is 46.3. The van der Waals surface area contributed by atoms with E-state index in [0.717, 1.165) is 35.5 Å². The van der Waals surface area contributed by atoms with Crippen molar-refractivity contribution in [2.24, 2.45) is 9.98 Å². The summed E-state index contributed by atoms with van der Waals surface area (Å²) in [4.78, 5) is 34.9. The lowest BCUT2D eigenvalue weighted by molar-refractivity contribution is 0.0725. The SMILES string of the molecule is CCCCCCCCCCCCOc1ccc(OC(=O)c2ccc(N=Cc3cccc(C=Nc4ccc(C(=O)Oc5ccc(OCCCCCCCCCCCC)cc5)cc4)c3)cc2)cc1. The van der Waals surface area contributed by atoms with Crippen LogP contribution in [0.5, 0.6) is 23.0 Å². The molecular weight excluding hydrogens is 821 g/mol. The molecule has 0 N–H and O–H groups in total. The van der Waals surface area contributed by atoms with Gasteiger partial charge in [-0.05, 0) is 127 Å². The van der Waals surface area contributed by atoms with Crippen LogP contribution in [0.4, 0.5) is 11.4 Å². The van der Waals surface area contributed by atoms with Gasteiger partial charge in [-0.1, -0.05) is 148 Å². The lowest BCUT2D eigenvalue weighted by Gasteiger charge is -2.08. The molecule has 0 saturated carbocycles. The minimum Gasteiger partial charge on any atom is -0.494 e. The molecule has 66 heavy (non-hydrogen) atoms. The standard InChI is InChI=1S/C58H72N2O6/c1-3-5-7-9-11-13-15-17-19-21-42-63-53-34-38-55(39-35-53)65-57(61)49-26-30-51(31-27-49)59-45-47-24-23-25-48(44-47)46-60-52-32-28-50(29-33-52)58(62)66-56-40-36-54(37-41-56)64-43-22-20-18-16-14-12-10-8-6-4-2/h23-41,44-46H,3-22,42-43H2,1-2H3. The molecule has 0 heterocycles. The third-order valence-corrected chi connectivity index (χ3v) is 11.4. The van der Waals surface area contributed by atoms with Gasteiger partial charge in [-0.15, -0.1) is 0 Å². The normalized spacial score (nSPS) is 11.3. The quantitative estimate of drug-likeness (QED) is 0.0185. The molecule has 0 atom stereocenters. The minimum absolute atomic E-state index is 0.434. The fraction of sp³-hybridized carbons (Fsp3) is 0.414. The first-order valence-corrected chi connectivity index (χ1v) is 24.8. The molecule has 0 aliphatic heterocycles. The van der Waals surface area contributed by atoms with E-state index in [1.807, 2.05) is 48.5 Å². The fourth-order valence-electron chi connectivity index (χ4n) is 7.48. The number of nitrogens with zero attached hydrogens (tertiary/aromatic N) is 2. The summed E-state index contributed by atoms with van der Waals surface area (Å²) < 4.78 is 23.0. The summed E-state index contributed by atoms with van der Waals surface area (Å²) in [7, 11) is 0. The zero-order valence-electron chi connectivity index (χ0n) is 39.6. The van der Waals surface area contributed by atoms with Gasteiger partial charge in [-0.3, -0.25) is 9.98 Å². The number of rotatable bonds is 32. The van der Waals surface area contributed by atoms with E-state index in [9.17, 15) is 9.59 Å². The van der Waals surface area contributed by atoms with E-state index in [1.54, 1.807) is 85.2 Å². The molecule has 5 aromatic rings. The molecule has 0 aromatic heterocycles. The summed E-state index contributed by atoms with van der Waals surface area (Å²) in [5.74, 6) is 1.60. The van der Waals surface area contributed by atoms with Crippen LogP contribution in [0.25, 0.3) is 0 Å². The average molecular weight is 893 g/mol. The second-order valence-electron chi connectivity index (χ2n) is 17.1. The van der Waals surface area contributed by atoms with Gasteiger partial charge in [0.25, 0.3) is 0 Å². The monoisotopic (exact) mass is 893 g/mol. The first-order valence-electron chi connectivity index (χ1n) is 24.8. The Balaban J connectivity index is 0.972. The van der Waals surface area contributed by atoms with Crippen LogP contribution in [0.1, 0.15) is 174 Å². The highest BCUT2D eigenvalue weighted by Crippen LogP contribution is 2.23. The predicted molar refractivity (Wildman–Crippen MR) is 271 cm³/mol. The van der Waals surface area contributed by atoms with Crippen LogP contribution in [0.15, 0.2) is 131 Å². The third kappa shape index (κ3) is 20.4. The lowest BCUT2D eigenvalue weighted by Crippen LogP contribution is -2.08. The molecule has 0 unspecified atom stereocenters. The molecule has 0 radical (unpaired) electrons. The van der Waals surface area contributed by atoms with Gasteiger partial charge in [-0.2, -0.15) is 0 Å². The van der Waals surface area contributed by atoms with Crippen LogP contribution >= 0.6 is 0 Å². The summed E-state index contributed by atoms with van der Waals surface area (Å²) in [6.07, 6.45) is 29.3. The maximum atomic E-state index is 12.8. The number of esters is 2. The van der Waals surface area contributed by atoms with Gasteiger partial charge in [0.15, 0.2) is 0 Å². The van der Waals surface area contributed by atoms with Gasteiger partial charge in [0.1, 0.15) is 23.0 Å². The van der Waals surface area contributed by atoms with E-state index in [-0.39, 0.29) is 0 Å². The van der Waals surface area contributed by atoms with Crippen molar-refractivity contribution in [3.05, 3.63) is 144 Å². The van der Waals surface area contributed by atoms with Gasteiger partial charge in [-0.25, -0.2) is 9.59 Å². The number of hydrogen-bond donors (Lipinski definition) is 0. The Bertz CT molecular complexity index is 2010. The van der Waals surface area contributed by atoms with Gasteiger partial charge in [0, 0.05) is 12.4 Å². The van der Waals surface area contributed by atoms with Crippen molar-refractivity contribution in [1.82, 2.24) is 0 Å². The second kappa shape index (κ2) is 31.0. The number of carbonyl (C=O) groups excluding carboxylic acids is 2. The highest BCUT2D eigenvalue weighted by molar-refractivity contribution is 5.93. The van der Waals surface area contributed by atoms with E-state index in [0.29, 0.717) is 47.2 Å². The van der Waals surface area contributed by atoms with E-state index in [1.165, 1.54) is 116 Å². The molecule has 5 rings (SSSR count). The Kier molecular flexibility index (Phi) is 23.9. The Hall–Kier alpha value is -6.02. The van der Waals surface area contributed by atoms with Crippen molar-refractivity contribution in [3.8, 4) is 23.0 Å². The van der Waals surface area contributed by atoms with E-state index in [2.05, 4.69) is 23.8 Å². The van der Waals surface area contributed by atoms with Crippen LogP contribution in [0.2, 0.25) is 0 Å². The summed E-state index contributed by atoms with van der Waals surface area (Å²) in [6, 6.07) is 36.2. The Labute approximate surface area is 394 Å². The molecular formula is C58H72N2O6. The summed E-state index contributed by atoms with van der Waals surface area (Å²) >= 11 is 0. The summed E-state index contributed by atoms with van der Waals surface area (Å²) in [6.45, 7) is 5.89. The van der Waals surface area contributed by atoms with E-state index >= 15 is 0 Å². The van der Waals surface area contributed by atoms with Crippen molar-refractivity contribution in [2.75, 3.05) is 13.2 Å². The fourth-order valence-corrected chi connectivity index (χ4v) is 7.48. The Morgan fingerprint density at radius 3 is 1.06 bits per heavy atom. The third-order valence-electron chi connectivity index (χ3n) is 11.4. The minimum atomic E-state index is -0.438. The van der Waals surface area contributed by atoms with Crippen LogP contribution in [-0.4, -0.2) is 37.6 Å². The molecule has 350 valence electrons. The van der Waals surface area contributed by atoms with Gasteiger partial charge in [0.05, 0.1) is 35.7 Å². The highest BCUT2D eigenvalue weighted by Gasteiger charge is 2.11. The summed E-state index contributed by atoms with van der Waals surface area (Å²) in [5, 5.41) is 0. The first-order chi connectivity index (χ1) is 32.5. The largest absolute Gasteiger partial charge is 0.494 e. The van der Waals surface area contributed by atoms with E-state index in [4.69, 9.17) is 18.9 Å². The van der Waals surface area contributed by atoms with Crippen molar-refractivity contribution < 1.29 is 28.5 Å². The molecule has 8 nitrogen and oxygen atoms in total. The number of ether oxygens (including phenoxy) is 4. The maximum Gasteiger partial charge on any atom is 0.343 e. The average Bonchev–Trinajstić information content (AvgIpc) is 3.35. The second-order valence-corrected chi connectivity index (χ2v) is 17.1. The number of hydrogen-bond acceptors (Lipinski definition) is 8. The zero-order valence-corrected chi connectivity index (χ0v) is 39.6. The number of benzene rings is 5. The molecule has 5 aromatic carbocycles. The molecule has 0 fully saturated rings. The van der Waals surface area contributed by atoms with Crippen LogP contribution in [-0.2, 0) is 0 Å². The smallest absolute Gasteiger partial charge is 0.343 e. The number of aliphatic imine (C=N–C) groups is 2.